The molecule has 39 heavy (non-hydrogen) atoms. The molecule has 1 amide bonds. The van der Waals surface area contributed by atoms with Crippen molar-refractivity contribution in [3.05, 3.63) is 100 Å². The summed E-state index contributed by atoms with van der Waals surface area (Å²) in [6, 6.07) is 16.9. The van der Waals surface area contributed by atoms with Gasteiger partial charge in [0, 0.05) is 34.1 Å². The van der Waals surface area contributed by atoms with Gasteiger partial charge in [-0.1, -0.05) is 35.9 Å². The molecule has 3 aromatic carbocycles. The molecular weight excluding hydrogens is 543 g/mol. The predicted octanol–water partition coefficient (Wildman–Crippen LogP) is 6.13. The van der Waals surface area contributed by atoms with Gasteiger partial charge in [0.2, 0.25) is 9.84 Å². The van der Waals surface area contributed by atoms with Crippen LogP contribution in [0.3, 0.4) is 0 Å². The van der Waals surface area contributed by atoms with Crippen LogP contribution < -0.4 is 5.32 Å². The van der Waals surface area contributed by atoms with Crippen LogP contribution in [0.2, 0.25) is 5.02 Å². The van der Waals surface area contributed by atoms with Crippen molar-refractivity contribution in [1.29, 1.82) is 0 Å². The Hall–Kier alpha value is -4.21. The van der Waals surface area contributed by atoms with E-state index in [4.69, 9.17) is 11.6 Å². The molecule has 0 aliphatic carbocycles. The first-order valence-corrected chi connectivity index (χ1v) is 13.8. The van der Waals surface area contributed by atoms with Gasteiger partial charge in [0.25, 0.3) is 5.91 Å². The summed E-state index contributed by atoms with van der Waals surface area (Å²) in [5.74, 6) is -1.95. The molecule has 1 aliphatic rings. The van der Waals surface area contributed by atoms with Gasteiger partial charge in [-0.05, 0) is 78.6 Å². The molecule has 0 bridgehead atoms. The molecule has 5 rings (SSSR count). The molecule has 0 atom stereocenters. The van der Waals surface area contributed by atoms with Crippen molar-refractivity contribution in [1.82, 2.24) is 4.98 Å². The Morgan fingerprint density at radius 3 is 2.49 bits per heavy atom. The van der Waals surface area contributed by atoms with Crippen LogP contribution in [0.25, 0.3) is 22.8 Å². The molecule has 0 radical (unpaired) electrons. The maximum Gasteiger partial charge on any atom is 0.303 e. The maximum atomic E-state index is 14.0. The highest BCUT2D eigenvalue weighted by atomic mass is 35.5. The van der Waals surface area contributed by atoms with Crippen LogP contribution in [0, 0.1) is 12.7 Å². The minimum Gasteiger partial charge on any atom is -0.481 e. The number of rotatable bonds is 7. The third kappa shape index (κ3) is 4.98. The topological polar surface area (TPSA) is 116 Å². The van der Waals surface area contributed by atoms with Gasteiger partial charge in [-0.3, -0.25) is 9.59 Å². The molecular formula is C29H22ClFN2O5S. The molecule has 0 unspecified atom stereocenters. The molecule has 1 aliphatic heterocycles. The quantitative estimate of drug-likeness (QED) is 0.234. The molecule has 198 valence electrons. The van der Waals surface area contributed by atoms with Crippen LogP contribution in [0.1, 0.15) is 28.9 Å². The van der Waals surface area contributed by atoms with Crippen molar-refractivity contribution in [3.63, 3.8) is 0 Å². The van der Waals surface area contributed by atoms with Gasteiger partial charge in [0.05, 0.1) is 15.4 Å². The Morgan fingerprint density at radius 2 is 1.79 bits per heavy atom. The largest absolute Gasteiger partial charge is 0.481 e. The second-order valence-electron chi connectivity index (χ2n) is 9.07. The lowest BCUT2D eigenvalue weighted by atomic mass is 9.94. The standard InChI is InChI=1S/C29H22ClFN2O5S/c1-16-28(39(37,38)20-10-8-18(30)9-11-20)22(12-13-26(34)35)25(32-16)15-23-27-21(17-4-2-5-19(31)14-17)6-3-7-24(27)33-29(23)36/h2-11,14-15,32H,12-13H2,1H3,(H,33,36)(H,34,35). The third-order valence-corrected chi connectivity index (χ3v) is 8.73. The number of carbonyl (C=O) groups is 2. The molecule has 4 aromatic rings. The number of aliphatic carboxylic acids is 1. The van der Waals surface area contributed by atoms with Gasteiger partial charge in [-0.15, -0.1) is 0 Å². The number of H-pyrrole nitrogens is 1. The number of aromatic nitrogens is 1. The fraction of sp³-hybridized carbons (Fsp3) is 0.103. The van der Waals surface area contributed by atoms with E-state index in [0.29, 0.717) is 38.8 Å². The average molecular weight is 565 g/mol. The van der Waals surface area contributed by atoms with Gasteiger partial charge in [0.15, 0.2) is 0 Å². The molecule has 0 fully saturated rings. The zero-order chi connectivity index (χ0) is 27.9. The molecule has 0 saturated carbocycles. The third-order valence-electron chi connectivity index (χ3n) is 6.49. The molecule has 7 nitrogen and oxygen atoms in total. The molecule has 3 N–H and O–H groups in total. The number of carboxylic acids is 1. The fourth-order valence-electron chi connectivity index (χ4n) is 4.81. The zero-order valence-corrected chi connectivity index (χ0v) is 22.2. The lowest BCUT2D eigenvalue weighted by molar-refractivity contribution is -0.137. The lowest BCUT2D eigenvalue weighted by Gasteiger charge is -2.10. The second kappa shape index (κ2) is 10.2. The number of aryl methyl sites for hydroxylation is 1. The van der Waals surface area contributed by atoms with E-state index in [1.807, 2.05) is 0 Å². The molecule has 0 spiro atoms. The summed E-state index contributed by atoms with van der Waals surface area (Å²) in [6.07, 6.45) is 1.10. The van der Waals surface area contributed by atoms with Crippen LogP contribution in [0.4, 0.5) is 10.1 Å². The van der Waals surface area contributed by atoms with Crippen molar-refractivity contribution in [2.24, 2.45) is 0 Å². The van der Waals surface area contributed by atoms with E-state index in [1.54, 1.807) is 37.3 Å². The average Bonchev–Trinajstić information content (AvgIpc) is 3.38. The minimum absolute atomic E-state index is 0.00197. The summed E-state index contributed by atoms with van der Waals surface area (Å²) >= 11 is 5.94. The highest BCUT2D eigenvalue weighted by Gasteiger charge is 2.31. The van der Waals surface area contributed by atoms with Gasteiger partial charge < -0.3 is 15.4 Å². The highest BCUT2D eigenvalue weighted by Crippen LogP contribution is 2.41. The number of carbonyl (C=O) groups excluding carboxylic acids is 1. The number of benzene rings is 3. The summed E-state index contributed by atoms with van der Waals surface area (Å²) in [6.45, 7) is 1.58. The van der Waals surface area contributed by atoms with Crippen molar-refractivity contribution in [2.45, 2.75) is 29.6 Å². The summed E-state index contributed by atoms with van der Waals surface area (Å²) in [5, 5.41) is 12.5. The summed E-state index contributed by atoms with van der Waals surface area (Å²) in [5.41, 5.74) is 3.32. The van der Waals surface area contributed by atoms with Crippen LogP contribution in [-0.2, 0) is 25.8 Å². The van der Waals surface area contributed by atoms with E-state index in [-0.39, 0.29) is 33.8 Å². The number of halogens is 2. The Bertz CT molecular complexity index is 1780. The first kappa shape index (κ1) is 26.4. The second-order valence-corrected chi connectivity index (χ2v) is 11.4. The fourth-order valence-corrected chi connectivity index (χ4v) is 6.66. The molecule has 2 heterocycles. The van der Waals surface area contributed by atoms with E-state index in [1.165, 1.54) is 42.5 Å². The first-order chi connectivity index (χ1) is 18.6. The number of carboxylic acid groups (broad SMARTS) is 1. The van der Waals surface area contributed by atoms with E-state index < -0.39 is 27.5 Å². The van der Waals surface area contributed by atoms with E-state index in [9.17, 15) is 27.5 Å². The van der Waals surface area contributed by atoms with Crippen molar-refractivity contribution >= 4 is 50.7 Å². The lowest BCUT2D eigenvalue weighted by Crippen LogP contribution is -2.08. The van der Waals surface area contributed by atoms with Gasteiger partial charge in [-0.2, -0.15) is 0 Å². The smallest absolute Gasteiger partial charge is 0.303 e. The number of nitrogens with one attached hydrogen (secondary N) is 2. The van der Waals surface area contributed by atoms with Crippen LogP contribution in [0.5, 0.6) is 0 Å². The summed E-state index contributed by atoms with van der Waals surface area (Å²) < 4.78 is 41.4. The predicted molar refractivity (Wildman–Crippen MR) is 147 cm³/mol. The van der Waals surface area contributed by atoms with Crippen molar-refractivity contribution < 1.29 is 27.5 Å². The highest BCUT2D eigenvalue weighted by molar-refractivity contribution is 7.91. The number of anilines is 1. The van der Waals surface area contributed by atoms with E-state index >= 15 is 0 Å². The summed E-state index contributed by atoms with van der Waals surface area (Å²) in [4.78, 5) is 27.6. The minimum atomic E-state index is -4.06. The van der Waals surface area contributed by atoms with Gasteiger partial charge in [0.1, 0.15) is 5.82 Å². The Kier molecular flexibility index (Phi) is 6.88. The summed E-state index contributed by atoms with van der Waals surface area (Å²) in [7, 11) is -4.06. The van der Waals surface area contributed by atoms with Crippen LogP contribution >= 0.6 is 11.6 Å². The monoisotopic (exact) mass is 564 g/mol. The maximum absolute atomic E-state index is 14.0. The first-order valence-electron chi connectivity index (χ1n) is 11.9. The number of aromatic amines is 1. The van der Waals surface area contributed by atoms with Crippen LogP contribution in [0.15, 0.2) is 76.5 Å². The van der Waals surface area contributed by atoms with E-state index in [2.05, 4.69) is 10.3 Å². The van der Waals surface area contributed by atoms with Crippen molar-refractivity contribution in [3.8, 4) is 11.1 Å². The molecule has 0 saturated heterocycles. The zero-order valence-electron chi connectivity index (χ0n) is 20.6. The Morgan fingerprint density at radius 1 is 1.08 bits per heavy atom. The number of sulfone groups is 1. The number of hydrogen-bond donors (Lipinski definition) is 3. The SMILES string of the molecule is Cc1[nH]c(C=C2C(=O)Nc3cccc(-c4cccc(F)c4)c32)c(CCC(=O)O)c1S(=O)(=O)c1ccc(Cl)cc1. The Labute approximate surface area is 228 Å². The molecule has 1 aromatic heterocycles. The van der Waals surface area contributed by atoms with E-state index in [0.717, 1.165) is 0 Å². The number of amides is 1. The normalized spacial score (nSPS) is 13.9. The van der Waals surface area contributed by atoms with Gasteiger partial charge in [-0.25, -0.2) is 12.8 Å². The number of hydrogen-bond acceptors (Lipinski definition) is 4. The van der Waals surface area contributed by atoms with Crippen molar-refractivity contribution in [2.75, 3.05) is 5.32 Å². The number of fused-ring (bicyclic) bond motifs is 1. The van der Waals surface area contributed by atoms with Gasteiger partial charge >= 0.3 is 5.97 Å². The van der Waals surface area contributed by atoms with Crippen LogP contribution in [-0.4, -0.2) is 30.4 Å². The Balaban J connectivity index is 1.70. The molecule has 10 heteroatoms.